The van der Waals surface area contributed by atoms with Gasteiger partial charge in [-0.15, -0.1) is 0 Å². The van der Waals surface area contributed by atoms with E-state index < -0.39 is 41.8 Å². The van der Waals surface area contributed by atoms with E-state index in [9.17, 15) is 27.5 Å². The van der Waals surface area contributed by atoms with Gasteiger partial charge in [0.2, 0.25) is 0 Å². The van der Waals surface area contributed by atoms with E-state index in [0.29, 0.717) is 17.7 Å². The molecule has 0 saturated carbocycles. The number of aliphatic hydroxyl groups is 1. The highest BCUT2D eigenvalue weighted by molar-refractivity contribution is 5.95. The van der Waals surface area contributed by atoms with E-state index >= 15 is 0 Å². The Balaban J connectivity index is 2.27. The first-order valence-corrected chi connectivity index (χ1v) is 6.65. The molecule has 2 rings (SSSR count). The van der Waals surface area contributed by atoms with E-state index in [0.717, 1.165) is 12.1 Å². The molecule has 0 bridgehead atoms. The van der Waals surface area contributed by atoms with Gasteiger partial charge in [0.05, 0.1) is 12.6 Å². The molecule has 23 heavy (non-hydrogen) atoms. The third-order valence-electron chi connectivity index (χ3n) is 3.33. The lowest BCUT2D eigenvalue weighted by Crippen LogP contribution is -2.31. The molecule has 0 aromatic heterocycles. The van der Waals surface area contributed by atoms with Crippen molar-refractivity contribution in [2.24, 2.45) is 0 Å². The molecule has 0 heterocycles. The van der Waals surface area contributed by atoms with Gasteiger partial charge in [-0.3, -0.25) is 4.79 Å². The van der Waals surface area contributed by atoms with Gasteiger partial charge in [-0.2, -0.15) is 0 Å². The quantitative estimate of drug-likeness (QED) is 0.670. The zero-order valence-corrected chi connectivity index (χ0v) is 12.0. The molecule has 0 spiro atoms. The average molecular weight is 327 g/mol. The Morgan fingerprint density at radius 3 is 2.26 bits per heavy atom. The van der Waals surface area contributed by atoms with E-state index in [1.54, 1.807) is 0 Å². The van der Waals surface area contributed by atoms with Crippen molar-refractivity contribution in [1.29, 1.82) is 0 Å². The van der Waals surface area contributed by atoms with Crippen LogP contribution in [0.15, 0.2) is 30.3 Å². The molecule has 0 fully saturated rings. The highest BCUT2D eigenvalue weighted by atomic mass is 19.2. The first-order chi connectivity index (χ1) is 10.8. The first kappa shape index (κ1) is 17.0. The van der Waals surface area contributed by atoms with Gasteiger partial charge in [0.1, 0.15) is 5.82 Å². The molecular formula is C16H13F4NO2. The minimum Gasteiger partial charge on any atom is -0.394 e. The van der Waals surface area contributed by atoms with Crippen molar-refractivity contribution >= 4 is 5.91 Å². The van der Waals surface area contributed by atoms with Gasteiger partial charge in [-0.25, -0.2) is 17.6 Å². The van der Waals surface area contributed by atoms with E-state index in [1.165, 1.54) is 13.0 Å². The minimum atomic E-state index is -1.63. The summed E-state index contributed by atoms with van der Waals surface area (Å²) in [5.41, 5.74) is 0.376. The summed E-state index contributed by atoms with van der Waals surface area (Å²) in [7, 11) is 0. The lowest BCUT2D eigenvalue weighted by molar-refractivity contribution is 0.0915. The fourth-order valence-electron chi connectivity index (χ4n) is 2.13. The summed E-state index contributed by atoms with van der Waals surface area (Å²) in [5.74, 6) is -5.66. The number of aryl methyl sites for hydroxylation is 1. The Kier molecular flexibility index (Phi) is 5.00. The van der Waals surface area contributed by atoms with E-state index in [1.807, 2.05) is 0 Å². The SMILES string of the molecule is Cc1cc(F)ccc1C(=O)NC(CO)c1cc(F)c(F)c(F)c1. The first-order valence-electron chi connectivity index (χ1n) is 6.65. The van der Waals surface area contributed by atoms with Crippen LogP contribution in [0.4, 0.5) is 17.6 Å². The van der Waals surface area contributed by atoms with Crippen LogP contribution in [-0.4, -0.2) is 17.6 Å². The number of aliphatic hydroxyl groups excluding tert-OH is 1. The maximum Gasteiger partial charge on any atom is 0.252 e. The standard InChI is InChI=1S/C16H13F4NO2/c1-8-4-10(17)2-3-11(8)16(23)21-14(7-22)9-5-12(18)15(20)13(19)6-9/h2-6,14,22H,7H2,1H3,(H,21,23). The minimum absolute atomic E-state index is 0.128. The number of hydrogen-bond acceptors (Lipinski definition) is 2. The molecule has 7 heteroatoms. The van der Waals surface area contributed by atoms with Crippen molar-refractivity contribution in [3.8, 4) is 0 Å². The summed E-state index contributed by atoms with van der Waals surface area (Å²) >= 11 is 0. The Labute approximate surface area is 129 Å². The number of benzene rings is 2. The lowest BCUT2D eigenvalue weighted by atomic mass is 10.0. The molecule has 2 N–H and O–H groups in total. The average Bonchev–Trinajstić information content (AvgIpc) is 2.49. The highest BCUT2D eigenvalue weighted by Crippen LogP contribution is 2.20. The smallest absolute Gasteiger partial charge is 0.252 e. The summed E-state index contributed by atoms with van der Waals surface area (Å²) in [6.45, 7) is 0.861. The summed E-state index contributed by atoms with van der Waals surface area (Å²) in [5, 5.41) is 11.7. The van der Waals surface area contributed by atoms with Crippen molar-refractivity contribution in [2.45, 2.75) is 13.0 Å². The number of rotatable bonds is 4. The maximum absolute atomic E-state index is 13.3. The van der Waals surface area contributed by atoms with Gasteiger partial charge in [0, 0.05) is 5.56 Å². The van der Waals surface area contributed by atoms with Gasteiger partial charge in [-0.05, 0) is 48.4 Å². The predicted octanol–water partition coefficient (Wildman–Crippen LogP) is 3.01. The Hall–Kier alpha value is -2.41. The fourth-order valence-corrected chi connectivity index (χ4v) is 2.13. The molecule has 122 valence electrons. The number of halogens is 4. The van der Waals surface area contributed by atoms with Gasteiger partial charge in [-0.1, -0.05) is 0 Å². The molecule has 1 unspecified atom stereocenters. The zero-order chi connectivity index (χ0) is 17.1. The van der Waals surface area contributed by atoms with Crippen LogP contribution < -0.4 is 5.32 Å². The van der Waals surface area contributed by atoms with Crippen LogP contribution in [-0.2, 0) is 0 Å². The van der Waals surface area contributed by atoms with Gasteiger partial charge in [0.15, 0.2) is 17.5 Å². The molecular weight excluding hydrogens is 314 g/mol. The summed E-state index contributed by atoms with van der Waals surface area (Å²) in [6.07, 6.45) is 0. The molecule has 1 amide bonds. The van der Waals surface area contributed by atoms with Crippen LogP contribution in [0, 0.1) is 30.2 Å². The van der Waals surface area contributed by atoms with E-state index in [2.05, 4.69) is 5.32 Å². The summed E-state index contributed by atoms with van der Waals surface area (Å²) < 4.78 is 52.5. The molecule has 0 aliphatic carbocycles. The predicted molar refractivity (Wildman–Crippen MR) is 74.7 cm³/mol. The van der Waals surface area contributed by atoms with Crippen molar-refractivity contribution < 1.29 is 27.5 Å². The molecule has 1 atom stereocenters. The number of amides is 1. The largest absolute Gasteiger partial charge is 0.394 e. The van der Waals surface area contributed by atoms with Crippen LogP contribution >= 0.6 is 0 Å². The third-order valence-corrected chi connectivity index (χ3v) is 3.33. The maximum atomic E-state index is 13.3. The second-order valence-electron chi connectivity index (χ2n) is 4.97. The van der Waals surface area contributed by atoms with Crippen molar-refractivity contribution in [3.63, 3.8) is 0 Å². The molecule has 2 aromatic carbocycles. The van der Waals surface area contributed by atoms with E-state index in [-0.39, 0.29) is 11.1 Å². The molecule has 2 aromatic rings. The number of nitrogens with one attached hydrogen (secondary N) is 1. The van der Waals surface area contributed by atoms with Crippen LogP contribution in [0.3, 0.4) is 0 Å². The normalized spacial score (nSPS) is 12.1. The van der Waals surface area contributed by atoms with Crippen molar-refractivity contribution in [2.75, 3.05) is 6.61 Å². The molecule has 3 nitrogen and oxygen atoms in total. The second-order valence-corrected chi connectivity index (χ2v) is 4.97. The summed E-state index contributed by atoms with van der Waals surface area (Å²) in [4.78, 5) is 12.1. The van der Waals surface area contributed by atoms with Crippen molar-refractivity contribution in [1.82, 2.24) is 5.32 Å². The molecule has 0 radical (unpaired) electrons. The van der Waals surface area contributed by atoms with Crippen molar-refractivity contribution in [3.05, 3.63) is 70.3 Å². The van der Waals surface area contributed by atoms with Gasteiger partial charge in [0.25, 0.3) is 5.91 Å². The van der Waals surface area contributed by atoms with Crippen LogP contribution in [0.1, 0.15) is 27.5 Å². The third kappa shape index (κ3) is 3.68. The molecule has 0 saturated heterocycles. The zero-order valence-electron chi connectivity index (χ0n) is 12.0. The Morgan fingerprint density at radius 2 is 1.74 bits per heavy atom. The Morgan fingerprint density at radius 1 is 1.13 bits per heavy atom. The summed E-state index contributed by atoms with van der Waals surface area (Å²) in [6, 6.07) is 3.73. The second kappa shape index (κ2) is 6.78. The van der Waals surface area contributed by atoms with Gasteiger partial charge >= 0.3 is 0 Å². The Bertz CT molecular complexity index is 726. The lowest BCUT2D eigenvalue weighted by Gasteiger charge is -2.18. The number of hydrogen-bond donors (Lipinski definition) is 2. The monoisotopic (exact) mass is 327 g/mol. The highest BCUT2D eigenvalue weighted by Gasteiger charge is 2.20. The fraction of sp³-hybridized carbons (Fsp3) is 0.188. The van der Waals surface area contributed by atoms with Crippen LogP contribution in [0.5, 0.6) is 0 Å². The number of carbonyl (C=O) groups is 1. The van der Waals surface area contributed by atoms with Crippen LogP contribution in [0.25, 0.3) is 0 Å². The van der Waals surface area contributed by atoms with E-state index in [4.69, 9.17) is 0 Å². The number of carbonyl (C=O) groups excluding carboxylic acids is 1. The molecule has 0 aliphatic rings. The topological polar surface area (TPSA) is 49.3 Å². The van der Waals surface area contributed by atoms with Gasteiger partial charge < -0.3 is 10.4 Å². The molecule has 0 aliphatic heterocycles. The van der Waals surface area contributed by atoms with Crippen LogP contribution in [0.2, 0.25) is 0 Å².